The van der Waals surface area contributed by atoms with Crippen molar-refractivity contribution < 1.29 is 9.18 Å². The molecule has 1 aliphatic rings. The quantitative estimate of drug-likeness (QED) is 0.692. The number of benzene rings is 2. The van der Waals surface area contributed by atoms with Crippen molar-refractivity contribution in [3.63, 3.8) is 0 Å². The molecule has 2 heterocycles. The van der Waals surface area contributed by atoms with Crippen molar-refractivity contribution in [2.24, 2.45) is 5.92 Å². The number of pyridine rings is 1. The largest absolute Gasteiger partial charge is 0.366 e. The van der Waals surface area contributed by atoms with Gasteiger partial charge in [0.2, 0.25) is 5.91 Å². The fraction of sp³-hybridized carbons (Fsp3) is 0.304. The molecule has 0 N–H and O–H groups in total. The molecule has 1 aromatic heterocycles. The normalized spacial score (nSPS) is 15.6. The highest BCUT2D eigenvalue weighted by Crippen LogP contribution is 2.26. The molecule has 1 atom stereocenters. The van der Waals surface area contributed by atoms with Crippen molar-refractivity contribution in [3.8, 4) is 0 Å². The first-order valence-corrected chi connectivity index (χ1v) is 9.73. The number of anilines is 1. The van der Waals surface area contributed by atoms with Crippen LogP contribution in [0.15, 0.2) is 60.9 Å². The number of fused-ring (bicyclic) bond motifs is 1. The van der Waals surface area contributed by atoms with Gasteiger partial charge in [-0.15, -0.1) is 0 Å². The monoisotopic (exact) mass is 377 g/mol. The van der Waals surface area contributed by atoms with E-state index in [1.807, 2.05) is 42.4 Å². The second kappa shape index (κ2) is 7.97. The molecule has 4 rings (SSSR count). The van der Waals surface area contributed by atoms with Crippen LogP contribution in [0.3, 0.4) is 0 Å². The first-order chi connectivity index (χ1) is 13.6. The zero-order valence-electron chi connectivity index (χ0n) is 16.0. The molecule has 2 aromatic carbocycles. The minimum absolute atomic E-state index is 0.0962. The van der Waals surface area contributed by atoms with E-state index in [-0.39, 0.29) is 17.6 Å². The number of aromatic nitrogens is 1. The summed E-state index contributed by atoms with van der Waals surface area (Å²) in [7, 11) is 0. The standard InChI is InChI=1S/C23H24FN3O/c1-17(14-18-6-3-5-9-21(18)24)23(28)27-12-10-26(11-13-27)22-16-25-15-19-7-2-4-8-20(19)22/h2-9,15-17H,10-14H2,1H3. The number of carbonyl (C=O) groups excluding carboxylic acids is 1. The van der Waals surface area contributed by atoms with E-state index in [0.717, 1.165) is 24.2 Å². The highest BCUT2D eigenvalue weighted by molar-refractivity contribution is 5.93. The van der Waals surface area contributed by atoms with Crippen LogP contribution < -0.4 is 4.90 Å². The highest BCUT2D eigenvalue weighted by Gasteiger charge is 2.26. The zero-order chi connectivity index (χ0) is 19.5. The highest BCUT2D eigenvalue weighted by atomic mass is 19.1. The number of rotatable bonds is 4. The Morgan fingerprint density at radius 2 is 1.75 bits per heavy atom. The van der Waals surface area contributed by atoms with Crippen LogP contribution in [0.5, 0.6) is 0 Å². The molecule has 1 aliphatic heterocycles. The smallest absolute Gasteiger partial charge is 0.225 e. The number of halogens is 1. The van der Waals surface area contributed by atoms with Crippen molar-refractivity contribution in [2.75, 3.05) is 31.1 Å². The molecule has 1 saturated heterocycles. The summed E-state index contributed by atoms with van der Waals surface area (Å²) in [6.45, 7) is 4.77. The minimum atomic E-state index is -0.240. The summed E-state index contributed by atoms with van der Waals surface area (Å²) in [4.78, 5) is 21.4. The fourth-order valence-corrected chi connectivity index (χ4v) is 3.91. The van der Waals surface area contributed by atoms with Gasteiger partial charge in [-0.05, 0) is 18.1 Å². The Balaban J connectivity index is 1.41. The minimum Gasteiger partial charge on any atom is -0.366 e. The molecule has 28 heavy (non-hydrogen) atoms. The average Bonchev–Trinajstić information content (AvgIpc) is 2.74. The summed E-state index contributed by atoms with van der Waals surface area (Å²) >= 11 is 0. The van der Waals surface area contributed by atoms with E-state index in [1.54, 1.807) is 12.1 Å². The molecule has 1 fully saturated rings. The maximum atomic E-state index is 13.9. The van der Waals surface area contributed by atoms with Crippen LogP contribution in [-0.2, 0) is 11.2 Å². The topological polar surface area (TPSA) is 36.4 Å². The van der Waals surface area contributed by atoms with Crippen LogP contribution in [0.4, 0.5) is 10.1 Å². The zero-order valence-corrected chi connectivity index (χ0v) is 16.0. The molecule has 1 amide bonds. The molecule has 1 unspecified atom stereocenters. The maximum absolute atomic E-state index is 13.9. The molecule has 0 aliphatic carbocycles. The lowest BCUT2D eigenvalue weighted by atomic mass is 9.99. The van der Waals surface area contributed by atoms with Gasteiger partial charge in [0.15, 0.2) is 0 Å². The fourth-order valence-electron chi connectivity index (χ4n) is 3.91. The van der Waals surface area contributed by atoms with Crippen molar-refractivity contribution in [3.05, 3.63) is 72.3 Å². The van der Waals surface area contributed by atoms with Crippen molar-refractivity contribution >= 4 is 22.4 Å². The number of hydrogen-bond acceptors (Lipinski definition) is 3. The van der Waals surface area contributed by atoms with E-state index in [1.165, 1.54) is 11.5 Å². The van der Waals surface area contributed by atoms with E-state index < -0.39 is 0 Å². The Labute approximate surface area is 164 Å². The predicted octanol–water partition coefficient (Wildman–Crippen LogP) is 3.90. The Hall–Kier alpha value is -2.95. The van der Waals surface area contributed by atoms with Crippen LogP contribution in [0, 0.1) is 11.7 Å². The summed E-state index contributed by atoms with van der Waals surface area (Å²) in [6.07, 6.45) is 4.21. The van der Waals surface area contributed by atoms with Gasteiger partial charge < -0.3 is 9.80 Å². The molecule has 5 heteroatoms. The Kier molecular flexibility index (Phi) is 5.24. The van der Waals surface area contributed by atoms with Crippen molar-refractivity contribution in [2.45, 2.75) is 13.3 Å². The summed E-state index contributed by atoms with van der Waals surface area (Å²) in [5.41, 5.74) is 1.72. The Bertz CT molecular complexity index is 977. The van der Waals surface area contributed by atoms with Crippen LogP contribution in [-0.4, -0.2) is 42.0 Å². The predicted molar refractivity (Wildman–Crippen MR) is 110 cm³/mol. The number of carbonyl (C=O) groups is 1. The summed E-state index contributed by atoms with van der Waals surface area (Å²) in [6, 6.07) is 14.9. The van der Waals surface area contributed by atoms with Gasteiger partial charge in [0.25, 0.3) is 0 Å². The van der Waals surface area contributed by atoms with Gasteiger partial charge in [-0.2, -0.15) is 0 Å². The number of hydrogen-bond donors (Lipinski definition) is 0. The summed E-state index contributed by atoms with van der Waals surface area (Å²) in [5.74, 6) is -0.378. The van der Waals surface area contributed by atoms with Gasteiger partial charge in [0, 0.05) is 49.1 Å². The number of piperazine rings is 1. The third-order valence-electron chi connectivity index (χ3n) is 5.48. The molecule has 0 spiro atoms. The van der Waals surface area contributed by atoms with E-state index in [4.69, 9.17) is 0 Å². The van der Waals surface area contributed by atoms with Gasteiger partial charge in [-0.3, -0.25) is 9.78 Å². The van der Waals surface area contributed by atoms with Crippen LogP contribution in [0.2, 0.25) is 0 Å². The van der Waals surface area contributed by atoms with Gasteiger partial charge in [0.05, 0.1) is 11.9 Å². The Morgan fingerprint density at radius 1 is 1.04 bits per heavy atom. The molecule has 0 radical (unpaired) electrons. The third-order valence-corrected chi connectivity index (χ3v) is 5.48. The summed E-state index contributed by atoms with van der Waals surface area (Å²) < 4.78 is 13.9. The lowest BCUT2D eigenvalue weighted by molar-refractivity contribution is -0.135. The lowest BCUT2D eigenvalue weighted by Crippen LogP contribution is -2.50. The third kappa shape index (κ3) is 3.70. The molecule has 144 valence electrons. The second-order valence-corrected chi connectivity index (χ2v) is 7.39. The molecule has 0 saturated carbocycles. The lowest BCUT2D eigenvalue weighted by Gasteiger charge is -2.37. The van der Waals surface area contributed by atoms with Crippen LogP contribution in [0.25, 0.3) is 10.8 Å². The number of amides is 1. The van der Waals surface area contributed by atoms with Gasteiger partial charge in [0.1, 0.15) is 5.82 Å². The van der Waals surface area contributed by atoms with E-state index >= 15 is 0 Å². The molecular weight excluding hydrogens is 353 g/mol. The van der Waals surface area contributed by atoms with Gasteiger partial charge in [-0.25, -0.2) is 4.39 Å². The van der Waals surface area contributed by atoms with Crippen molar-refractivity contribution in [1.29, 1.82) is 0 Å². The molecule has 0 bridgehead atoms. The van der Waals surface area contributed by atoms with E-state index in [2.05, 4.69) is 22.0 Å². The summed E-state index contributed by atoms with van der Waals surface area (Å²) in [5, 5.41) is 2.31. The molecule has 3 aromatic rings. The first kappa shape index (κ1) is 18.4. The Morgan fingerprint density at radius 3 is 2.54 bits per heavy atom. The molecule has 4 nitrogen and oxygen atoms in total. The van der Waals surface area contributed by atoms with Gasteiger partial charge >= 0.3 is 0 Å². The van der Waals surface area contributed by atoms with E-state index in [9.17, 15) is 9.18 Å². The van der Waals surface area contributed by atoms with Crippen LogP contribution in [0.1, 0.15) is 12.5 Å². The van der Waals surface area contributed by atoms with Crippen LogP contribution >= 0.6 is 0 Å². The first-order valence-electron chi connectivity index (χ1n) is 9.73. The van der Waals surface area contributed by atoms with Crippen molar-refractivity contribution in [1.82, 2.24) is 9.88 Å². The second-order valence-electron chi connectivity index (χ2n) is 7.39. The average molecular weight is 377 g/mol. The van der Waals surface area contributed by atoms with E-state index in [0.29, 0.717) is 25.1 Å². The molecular formula is C23H24FN3O. The SMILES string of the molecule is CC(Cc1ccccc1F)C(=O)N1CCN(c2cncc3ccccc23)CC1. The van der Waals surface area contributed by atoms with Gasteiger partial charge in [-0.1, -0.05) is 49.4 Å². The maximum Gasteiger partial charge on any atom is 0.225 e. The number of nitrogens with zero attached hydrogens (tertiary/aromatic N) is 3.